The summed E-state index contributed by atoms with van der Waals surface area (Å²) in [6, 6.07) is 13.5. The van der Waals surface area contributed by atoms with Crippen LogP contribution in [0.2, 0.25) is 0 Å². The second-order valence-electron chi connectivity index (χ2n) is 4.87. The molecule has 1 amide bonds. The molecule has 5 nitrogen and oxygen atoms in total. The number of nitrogens with one attached hydrogen (secondary N) is 1. The van der Waals surface area contributed by atoms with Crippen LogP contribution in [-0.2, 0) is 9.59 Å². The molecule has 0 aliphatic carbocycles. The van der Waals surface area contributed by atoms with Crippen LogP contribution in [0.1, 0.15) is 18.0 Å². The van der Waals surface area contributed by atoms with Crippen molar-refractivity contribution < 1.29 is 23.8 Å². The molecule has 1 atom stereocenters. The van der Waals surface area contributed by atoms with Gasteiger partial charge < -0.3 is 15.2 Å². The lowest BCUT2D eigenvalue weighted by atomic mass is 10.0. The summed E-state index contributed by atoms with van der Waals surface area (Å²) in [7, 11) is 0. The number of carbonyl (C=O) groups is 2. The van der Waals surface area contributed by atoms with Gasteiger partial charge in [0.05, 0.1) is 12.5 Å². The van der Waals surface area contributed by atoms with Crippen LogP contribution >= 0.6 is 0 Å². The number of hydrogen-bond acceptors (Lipinski definition) is 3. The van der Waals surface area contributed by atoms with E-state index in [0.717, 1.165) is 0 Å². The lowest BCUT2D eigenvalue weighted by Gasteiger charge is -2.17. The zero-order valence-electron chi connectivity index (χ0n) is 12.2. The molecular weight excluding hydrogens is 301 g/mol. The molecule has 0 unspecified atom stereocenters. The Kier molecular flexibility index (Phi) is 5.68. The molecule has 6 heteroatoms. The molecule has 0 bridgehead atoms. The van der Waals surface area contributed by atoms with E-state index in [0.29, 0.717) is 11.3 Å². The number of amides is 1. The summed E-state index contributed by atoms with van der Waals surface area (Å²) >= 11 is 0. The highest BCUT2D eigenvalue weighted by molar-refractivity contribution is 5.79. The first-order valence-electron chi connectivity index (χ1n) is 6.99. The molecule has 0 aliphatic rings. The smallest absolute Gasteiger partial charge is 0.305 e. The molecule has 0 saturated carbocycles. The quantitative estimate of drug-likeness (QED) is 0.823. The summed E-state index contributed by atoms with van der Waals surface area (Å²) < 4.78 is 18.0. The summed E-state index contributed by atoms with van der Waals surface area (Å²) in [5, 5.41) is 11.6. The van der Waals surface area contributed by atoms with Crippen molar-refractivity contribution >= 4 is 11.9 Å². The molecule has 2 aromatic rings. The lowest BCUT2D eigenvalue weighted by Crippen LogP contribution is -2.33. The van der Waals surface area contributed by atoms with Crippen molar-refractivity contribution in [2.45, 2.75) is 12.5 Å². The standard InChI is InChI=1S/C17H16FNO4/c18-13-6-8-14(9-7-13)23-11-16(20)19-15(10-17(21)22)12-4-2-1-3-5-12/h1-9,15H,10-11H2,(H,19,20)(H,21,22)/t15-/m1/s1. The van der Waals surface area contributed by atoms with Crippen molar-refractivity contribution in [1.82, 2.24) is 5.32 Å². The van der Waals surface area contributed by atoms with Gasteiger partial charge in [-0.2, -0.15) is 0 Å². The highest BCUT2D eigenvalue weighted by Gasteiger charge is 2.18. The van der Waals surface area contributed by atoms with Crippen LogP contribution in [0.15, 0.2) is 54.6 Å². The van der Waals surface area contributed by atoms with Crippen molar-refractivity contribution in [1.29, 1.82) is 0 Å². The van der Waals surface area contributed by atoms with Gasteiger partial charge in [0.2, 0.25) is 0 Å². The highest BCUT2D eigenvalue weighted by Crippen LogP contribution is 2.16. The number of aliphatic carboxylic acids is 1. The minimum atomic E-state index is -1.02. The normalized spacial score (nSPS) is 11.5. The van der Waals surface area contributed by atoms with Crippen LogP contribution < -0.4 is 10.1 Å². The Labute approximate surface area is 132 Å². The van der Waals surface area contributed by atoms with Gasteiger partial charge >= 0.3 is 5.97 Å². The number of benzene rings is 2. The molecule has 2 rings (SSSR count). The van der Waals surface area contributed by atoms with Gasteiger partial charge in [-0.1, -0.05) is 30.3 Å². The second-order valence-corrected chi connectivity index (χ2v) is 4.87. The predicted molar refractivity (Wildman–Crippen MR) is 81.5 cm³/mol. The second kappa shape index (κ2) is 7.93. The van der Waals surface area contributed by atoms with Crippen LogP contribution in [0.3, 0.4) is 0 Å². The SMILES string of the molecule is O=C(O)C[C@@H](NC(=O)COc1ccc(F)cc1)c1ccccc1. The molecule has 2 aromatic carbocycles. The van der Waals surface area contributed by atoms with E-state index < -0.39 is 23.7 Å². The van der Waals surface area contributed by atoms with Gasteiger partial charge in [-0.3, -0.25) is 9.59 Å². The van der Waals surface area contributed by atoms with Gasteiger partial charge in [0.25, 0.3) is 5.91 Å². The summed E-state index contributed by atoms with van der Waals surface area (Å²) in [6.45, 7) is -0.283. The van der Waals surface area contributed by atoms with Gasteiger partial charge in [0.1, 0.15) is 11.6 Å². The van der Waals surface area contributed by atoms with Crippen molar-refractivity contribution in [3.05, 3.63) is 66.0 Å². The summed E-state index contributed by atoms with van der Waals surface area (Å²) in [6.07, 6.45) is -0.230. The third kappa shape index (κ3) is 5.43. The minimum Gasteiger partial charge on any atom is -0.484 e. The molecule has 0 fully saturated rings. The fourth-order valence-corrected chi connectivity index (χ4v) is 2.03. The Hall–Kier alpha value is -2.89. The molecule has 0 radical (unpaired) electrons. The van der Waals surface area contributed by atoms with Crippen molar-refractivity contribution in [3.63, 3.8) is 0 Å². The van der Waals surface area contributed by atoms with Crippen molar-refractivity contribution in [2.24, 2.45) is 0 Å². The number of halogens is 1. The molecule has 120 valence electrons. The number of rotatable bonds is 7. The zero-order valence-corrected chi connectivity index (χ0v) is 12.2. The van der Waals surface area contributed by atoms with E-state index in [9.17, 15) is 14.0 Å². The van der Waals surface area contributed by atoms with Crippen LogP contribution in [0.25, 0.3) is 0 Å². The van der Waals surface area contributed by atoms with Gasteiger partial charge in [-0.05, 0) is 29.8 Å². The lowest BCUT2D eigenvalue weighted by molar-refractivity contribution is -0.137. The third-order valence-corrected chi connectivity index (χ3v) is 3.10. The van der Waals surface area contributed by atoms with E-state index in [-0.39, 0.29) is 13.0 Å². The van der Waals surface area contributed by atoms with E-state index in [1.807, 2.05) is 0 Å². The van der Waals surface area contributed by atoms with E-state index in [2.05, 4.69) is 5.32 Å². The van der Waals surface area contributed by atoms with Crippen LogP contribution in [-0.4, -0.2) is 23.6 Å². The van der Waals surface area contributed by atoms with Crippen molar-refractivity contribution in [2.75, 3.05) is 6.61 Å². The molecule has 0 aromatic heterocycles. The monoisotopic (exact) mass is 317 g/mol. The van der Waals surface area contributed by atoms with Crippen LogP contribution in [0.4, 0.5) is 4.39 Å². The number of hydrogen-bond donors (Lipinski definition) is 2. The number of carboxylic acids is 1. The zero-order chi connectivity index (χ0) is 16.7. The number of carbonyl (C=O) groups excluding carboxylic acids is 1. The average Bonchev–Trinajstić information content (AvgIpc) is 2.54. The van der Waals surface area contributed by atoms with Gasteiger partial charge in [-0.15, -0.1) is 0 Å². The molecule has 0 saturated heterocycles. The first-order valence-corrected chi connectivity index (χ1v) is 6.99. The maximum Gasteiger partial charge on any atom is 0.305 e. The van der Waals surface area contributed by atoms with E-state index in [1.54, 1.807) is 30.3 Å². The van der Waals surface area contributed by atoms with E-state index in [1.165, 1.54) is 24.3 Å². The molecule has 0 heterocycles. The van der Waals surface area contributed by atoms with Gasteiger partial charge in [-0.25, -0.2) is 4.39 Å². The minimum absolute atomic E-state index is 0.230. The highest BCUT2D eigenvalue weighted by atomic mass is 19.1. The maximum atomic E-state index is 12.8. The average molecular weight is 317 g/mol. The predicted octanol–water partition coefficient (Wildman–Crippen LogP) is 2.54. The van der Waals surface area contributed by atoms with Gasteiger partial charge in [0, 0.05) is 0 Å². The van der Waals surface area contributed by atoms with E-state index in [4.69, 9.17) is 9.84 Å². The summed E-state index contributed by atoms with van der Waals surface area (Å²) in [5.74, 6) is -1.51. The Morgan fingerprint density at radius 2 is 1.74 bits per heavy atom. The Bertz CT molecular complexity index is 658. The van der Waals surface area contributed by atoms with Crippen molar-refractivity contribution in [3.8, 4) is 5.75 Å². The first kappa shape index (κ1) is 16.5. The molecule has 0 spiro atoms. The topological polar surface area (TPSA) is 75.6 Å². The Morgan fingerprint density at radius 3 is 2.35 bits per heavy atom. The molecule has 23 heavy (non-hydrogen) atoms. The Morgan fingerprint density at radius 1 is 1.09 bits per heavy atom. The van der Waals surface area contributed by atoms with Crippen LogP contribution in [0.5, 0.6) is 5.75 Å². The first-order chi connectivity index (χ1) is 11.0. The third-order valence-electron chi connectivity index (χ3n) is 3.10. The number of ether oxygens (including phenoxy) is 1. The van der Waals surface area contributed by atoms with Crippen LogP contribution in [0, 0.1) is 5.82 Å². The van der Waals surface area contributed by atoms with E-state index >= 15 is 0 Å². The molecule has 2 N–H and O–H groups in total. The Balaban J connectivity index is 1.94. The maximum absolute atomic E-state index is 12.8. The fourth-order valence-electron chi connectivity index (χ4n) is 2.03. The van der Waals surface area contributed by atoms with Gasteiger partial charge in [0.15, 0.2) is 6.61 Å². The summed E-state index contributed by atoms with van der Waals surface area (Å²) in [5.41, 5.74) is 0.699. The largest absolute Gasteiger partial charge is 0.484 e. The fraction of sp³-hybridized carbons (Fsp3) is 0.176. The molecular formula is C17H16FNO4. The summed E-state index contributed by atoms with van der Waals surface area (Å²) in [4.78, 5) is 22.9. The number of carboxylic acid groups (broad SMARTS) is 1. The molecule has 0 aliphatic heterocycles.